The summed E-state index contributed by atoms with van der Waals surface area (Å²) in [5.74, 6) is 0.794. The lowest BCUT2D eigenvalue weighted by molar-refractivity contribution is 0.122. The lowest BCUT2D eigenvalue weighted by Gasteiger charge is -2.28. The van der Waals surface area contributed by atoms with Crippen LogP contribution in [0.5, 0.6) is 0 Å². The number of aromatic nitrogens is 5. The Labute approximate surface area is 187 Å². The summed E-state index contributed by atoms with van der Waals surface area (Å²) in [4.78, 5) is 16.0. The Kier molecular flexibility index (Phi) is 5.89. The summed E-state index contributed by atoms with van der Waals surface area (Å²) in [7, 11) is 0. The van der Waals surface area contributed by atoms with E-state index in [4.69, 9.17) is 14.8 Å². The molecule has 0 aliphatic carbocycles. The fourth-order valence-electron chi connectivity index (χ4n) is 3.95. The molecule has 1 aromatic carbocycles. The molecule has 1 fully saturated rings. The average molecular weight is 427 g/mol. The normalized spacial score (nSPS) is 14.0. The van der Waals surface area contributed by atoms with Gasteiger partial charge in [-0.15, -0.1) is 0 Å². The molecule has 1 aliphatic heterocycles. The highest BCUT2D eigenvalue weighted by molar-refractivity contribution is 5.78. The molecule has 4 aromatic rings. The van der Waals surface area contributed by atoms with Crippen molar-refractivity contribution in [3.8, 4) is 22.5 Å². The molecule has 7 heteroatoms. The van der Waals surface area contributed by atoms with Gasteiger partial charge in [-0.3, -0.25) is 9.67 Å². The van der Waals surface area contributed by atoms with Gasteiger partial charge in [0.2, 0.25) is 0 Å². The van der Waals surface area contributed by atoms with Crippen LogP contribution < -0.4 is 4.90 Å². The molecule has 0 spiro atoms. The summed E-state index contributed by atoms with van der Waals surface area (Å²) < 4.78 is 7.38. The van der Waals surface area contributed by atoms with Crippen molar-refractivity contribution in [2.45, 2.75) is 19.9 Å². The summed E-state index contributed by atoms with van der Waals surface area (Å²) >= 11 is 0. The van der Waals surface area contributed by atoms with Crippen molar-refractivity contribution < 1.29 is 4.74 Å². The zero-order valence-corrected chi connectivity index (χ0v) is 18.2. The number of pyridine rings is 1. The van der Waals surface area contributed by atoms with Crippen molar-refractivity contribution in [1.82, 2.24) is 24.7 Å². The number of nitrogens with zero attached hydrogens (tertiary/aromatic N) is 6. The summed E-state index contributed by atoms with van der Waals surface area (Å²) in [6, 6.07) is 14.6. The van der Waals surface area contributed by atoms with Crippen LogP contribution >= 0.6 is 0 Å². The predicted octanol–water partition coefficient (Wildman–Crippen LogP) is 3.85. The molecule has 0 amide bonds. The lowest BCUT2D eigenvalue weighted by Crippen LogP contribution is -2.36. The molecule has 3 aromatic heterocycles. The smallest absolute Gasteiger partial charge is 0.133 e. The minimum Gasteiger partial charge on any atom is -0.378 e. The van der Waals surface area contributed by atoms with Gasteiger partial charge in [0.05, 0.1) is 18.9 Å². The fourth-order valence-corrected chi connectivity index (χ4v) is 3.95. The van der Waals surface area contributed by atoms with Gasteiger partial charge in [-0.2, -0.15) is 5.10 Å². The van der Waals surface area contributed by atoms with Gasteiger partial charge in [-0.05, 0) is 42.8 Å². The van der Waals surface area contributed by atoms with Crippen molar-refractivity contribution in [2.75, 3.05) is 31.2 Å². The van der Waals surface area contributed by atoms with E-state index in [1.807, 2.05) is 41.5 Å². The van der Waals surface area contributed by atoms with Crippen molar-refractivity contribution in [2.24, 2.45) is 0 Å². The number of hydrogen-bond acceptors (Lipinski definition) is 6. The highest BCUT2D eigenvalue weighted by atomic mass is 16.5. The summed E-state index contributed by atoms with van der Waals surface area (Å²) in [5, 5.41) is 4.75. The predicted molar refractivity (Wildman–Crippen MR) is 124 cm³/mol. The van der Waals surface area contributed by atoms with Gasteiger partial charge in [-0.1, -0.05) is 12.1 Å². The average Bonchev–Trinajstić information content (AvgIpc) is 3.31. The number of morpholine rings is 1. The molecule has 0 radical (unpaired) electrons. The Morgan fingerprint density at radius 3 is 2.59 bits per heavy atom. The van der Waals surface area contributed by atoms with E-state index in [0.717, 1.165) is 61.2 Å². The number of ether oxygens (including phenoxy) is 1. The van der Waals surface area contributed by atoms with E-state index in [1.165, 1.54) is 11.3 Å². The van der Waals surface area contributed by atoms with Gasteiger partial charge >= 0.3 is 0 Å². The number of anilines is 1. The topological polar surface area (TPSA) is 69.0 Å². The first-order chi connectivity index (χ1) is 15.8. The van der Waals surface area contributed by atoms with Crippen LogP contribution in [0.4, 0.5) is 5.69 Å². The first kappa shape index (κ1) is 20.3. The van der Waals surface area contributed by atoms with Gasteiger partial charge in [0.15, 0.2) is 0 Å². The van der Waals surface area contributed by atoms with E-state index in [9.17, 15) is 0 Å². The molecule has 0 bridgehead atoms. The molecule has 0 unspecified atom stereocenters. The lowest BCUT2D eigenvalue weighted by atomic mass is 10.1. The Bertz CT molecular complexity index is 1170. The Morgan fingerprint density at radius 1 is 1.00 bits per heavy atom. The molecule has 0 atom stereocenters. The molecule has 0 saturated carbocycles. The summed E-state index contributed by atoms with van der Waals surface area (Å²) in [6.45, 7) is 6.33. The van der Waals surface area contributed by atoms with E-state index in [1.54, 1.807) is 6.20 Å². The molecule has 0 N–H and O–H groups in total. The van der Waals surface area contributed by atoms with Crippen LogP contribution in [0.1, 0.15) is 18.3 Å². The van der Waals surface area contributed by atoms with E-state index in [2.05, 4.69) is 46.1 Å². The Hall–Kier alpha value is -3.58. The molecule has 7 nitrogen and oxygen atoms in total. The molecule has 162 valence electrons. The maximum atomic E-state index is 5.45. The van der Waals surface area contributed by atoms with Crippen LogP contribution in [0.15, 0.2) is 67.3 Å². The van der Waals surface area contributed by atoms with Crippen LogP contribution in [-0.4, -0.2) is 51.0 Å². The minimum atomic E-state index is 0.682. The zero-order chi connectivity index (χ0) is 21.8. The number of benzene rings is 1. The van der Waals surface area contributed by atoms with Gasteiger partial charge in [0, 0.05) is 67.7 Å². The van der Waals surface area contributed by atoms with Gasteiger partial charge in [0.1, 0.15) is 11.5 Å². The third kappa shape index (κ3) is 4.38. The molecule has 4 heterocycles. The van der Waals surface area contributed by atoms with E-state index >= 15 is 0 Å². The Morgan fingerprint density at radius 2 is 1.84 bits per heavy atom. The van der Waals surface area contributed by atoms with E-state index in [-0.39, 0.29) is 0 Å². The SMILES string of the molecule is CCn1cc(-c2ccnc(Cc3ccc(N4CCOCC4)cc3)n2)c(-c2cccnc2)n1. The molecule has 32 heavy (non-hydrogen) atoms. The van der Waals surface area contributed by atoms with Crippen LogP contribution in [0.3, 0.4) is 0 Å². The monoisotopic (exact) mass is 426 g/mol. The second-order valence-electron chi connectivity index (χ2n) is 7.79. The molecule has 1 aliphatic rings. The van der Waals surface area contributed by atoms with Gasteiger partial charge < -0.3 is 9.64 Å². The van der Waals surface area contributed by atoms with Gasteiger partial charge in [-0.25, -0.2) is 9.97 Å². The summed E-state index contributed by atoms with van der Waals surface area (Å²) in [6.07, 6.45) is 8.17. The van der Waals surface area contributed by atoms with Crippen molar-refractivity contribution >= 4 is 5.69 Å². The first-order valence-corrected chi connectivity index (χ1v) is 11.0. The Balaban J connectivity index is 1.39. The highest BCUT2D eigenvalue weighted by Gasteiger charge is 2.15. The van der Waals surface area contributed by atoms with Crippen LogP contribution in [0.25, 0.3) is 22.5 Å². The first-order valence-electron chi connectivity index (χ1n) is 11.0. The van der Waals surface area contributed by atoms with E-state index in [0.29, 0.717) is 6.42 Å². The second kappa shape index (κ2) is 9.28. The maximum absolute atomic E-state index is 5.45. The maximum Gasteiger partial charge on any atom is 0.133 e. The van der Waals surface area contributed by atoms with Crippen molar-refractivity contribution in [1.29, 1.82) is 0 Å². The molecule has 1 saturated heterocycles. The quantitative estimate of drug-likeness (QED) is 0.467. The number of aryl methyl sites for hydroxylation is 1. The largest absolute Gasteiger partial charge is 0.378 e. The third-order valence-electron chi connectivity index (χ3n) is 5.68. The molecule has 5 rings (SSSR count). The highest BCUT2D eigenvalue weighted by Crippen LogP contribution is 2.29. The molecular weight excluding hydrogens is 400 g/mol. The third-order valence-corrected chi connectivity index (χ3v) is 5.68. The van der Waals surface area contributed by atoms with Crippen LogP contribution in [0, 0.1) is 0 Å². The van der Waals surface area contributed by atoms with Crippen molar-refractivity contribution in [3.05, 3.63) is 78.6 Å². The fraction of sp³-hybridized carbons (Fsp3) is 0.280. The van der Waals surface area contributed by atoms with Gasteiger partial charge in [0.25, 0.3) is 0 Å². The standard InChI is InChI=1S/C25H26N6O/c1-2-31-18-22(25(29-31)20-4-3-10-26-17-20)23-9-11-27-24(28-23)16-19-5-7-21(8-6-19)30-12-14-32-15-13-30/h3-11,17-18H,2,12-16H2,1H3. The minimum absolute atomic E-state index is 0.682. The van der Waals surface area contributed by atoms with E-state index < -0.39 is 0 Å². The van der Waals surface area contributed by atoms with Crippen molar-refractivity contribution in [3.63, 3.8) is 0 Å². The van der Waals surface area contributed by atoms with Crippen LogP contribution in [-0.2, 0) is 17.7 Å². The molecular formula is C25H26N6O. The second-order valence-corrected chi connectivity index (χ2v) is 7.79. The summed E-state index contributed by atoms with van der Waals surface area (Å²) in [5.41, 5.74) is 6.16. The van der Waals surface area contributed by atoms with Crippen LogP contribution in [0.2, 0.25) is 0 Å². The number of hydrogen-bond donors (Lipinski definition) is 0. The zero-order valence-electron chi connectivity index (χ0n) is 18.2. The number of rotatable bonds is 6.